The molecule has 100 valence electrons. The highest BCUT2D eigenvalue weighted by Gasteiger charge is 2.28. The number of hydrogen-bond acceptors (Lipinski definition) is 3. The first kappa shape index (κ1) is 14.3. The summed E-state index contributed by atoms with van der Waals surface area (Å²) in [4.78, 5) is 11.3. The third-order valence-electron chi connectivity index (χ3n) is 2.95. The van der Waals surface area contributed by atoms with E-state index in [1.807, 2.05) is 0 Å². The molecule has 0 radical (unpaired) electrons. The lowest BCUT2D eigenvalue weighted by atomic mass is 9.94. The normalized spacial score (nSPS) is 21.2. The molecule has 0 aromatic heterocycles. The van der Waals surface area contributed by atoms with E-state index in [0.717, 1.165) is 32.4 Å². The Morgan fingerprint density at radius 3 is 2.88 bits per heavy atom. The maximum absolute atomic E-state index is 12.6. The Labute approximate surface area is 99.8 Å². The fourth-order valence-electron chi connectivity index (χ4n) is 1.88. The fraction of sp³-hybridized carbons (Fsp3) is 0.909. The van der Waals surface area contributed by atoms with Gasteiger partial charge in [0.1, 0.15) is 6.61 Å². The van der Waals surface area contributed by atoms with Gasteiger partial charge in [-0.3, -0.25) is 4.79 Å². The minimum absolute atomic E-state index is 0.272. The van der Waals surface area contributed by atoms with Crippen molar-refractivity contribution in [2.75, 3.05) is 26.2 Å². The molecule has 0 aliphatic carbocycles. The number of piperidine rings is 1. The molecule has 0 bridgehead atoms. The Hall–Kier alpha value is -0.750. The first-order valence-corrected chi connectivity index (χ1v) is 5.99. The lowest BCUT2D eigenvalue weighted by molar-refractivity contribution is -0.124. The van der Waals surface area contributed by atoms with E-state index in [1.165, 1.54) is 0 Å². The zero-order chi connectivity index (χ0) is 12.7. The largest absolute Gasteiger partial charge is 0.390 e. The Morgan fingerprint density at radius 1 is 1.53 bits per heavy atom. The van der Waals surface area contributed by atoms with Crippen LogP contribution in [0, 0.1) is 5.92 Å². The van der Waals surface area contributed by atoms with Gasteiger partial charge in [-0.2, -0.15) is 0 Å². The monoisotopic (exact) mass is 250 g/mol. The summed E-state index contributed by atoms with van der Waals surface area (Å²) in [5, 5.41) is 13.7. The molecule has 1 unspecified atom stereocenters. The molecule has 1 atom stereocenters. The summed E-state index contributed by atoms with van der Waals surface area (Å²) in [6.07, 6.45) is 3.19. The number of carbonyl (C=O) groups excluding carboxylic acids is 1. The Balaban J connectivity index is 2.12. The van der Waals surface area contributed by atoms with Crippen molar-refractivity contribution in [1.82, 2.24) is 10.6 Å². The zero-order valence-corrected chi connectivity index (χ0v) is 9.85. The Kier molecular flexibility index (Phi) is 5.77. The molecule has 1 rings (SSSR count). The van der Waals surface area contributed by atoms with E-state index in [9.17, 15) is 13.6 Å². The van der Waals surface area contributed by atoms with Crippen molar-refractivity contribution >= 4 is 5.91 Å². The van der Waals surface area contributed by atoms with E-state index in [2.05, 4.69) is 10.6 Å². The summed E-state index contributed by atoms with van der Waals surface area (Å²) < 4.78 is 25.3. The molecule has 6 heteroatoms. The van der Waals surface area contributed by atoms with Gasteiger partial charge < -0.3 is 15.7 Å². The molecule has 1 aliphatic rings. The van der Waals surface area contributed by atoms with Crippen molar-refractivity contribution in [3.05, 3.63) is 0 Å². The molecule has 1 heterocycles. The van der Waals surface area contributed by atoms with Crippen LogP contribution in [-0.2, 0) is 4.79 Å². The van der Waals surface area contributed by atoms with Gasteiger partial charge in [0.05, 0.1) is 6.54 Å². The van der Waals surface area contributed by atoms with Crippen molar-refractivity contribution in [2.24, 2.45) is 5.92 Å². The Bertz CT molecular complexity index is 244. The standard InChI is InChI=1S/C11H20F2N2O2/c12-11(13,8-16)7-15-10(17)4-3-9-2-1-5-14-6-9/h9,14,16H,1-8H2,(H,15,17). The molecule has 0 aromatic rings. The average molecular weight is 250 g/mol. The van der Waals surface area contributed by atoms with E-state index in [0.29, 0.717) is 5.92 Å². The number of aliphatic hydroxyl groups is 1. The van der Waals surface area contributed by atoms with Crippen LogP contribution < -0.4 is 10.6 Å². The van der Waals surface area contributed by atoms with Gasteiger partial charge in [-0.15, -0.1) is 0 Å². The smallest absolute Gasteiger partial charge is 0.287 e. The molecule has 0 aromatic carbocycles. The molecule has 1 aliphatic heterocycles. The molecule has 1 fully saturated rings. The van der Waals surface area contributed by atoms with Crippen LogP contribution in [0.4, 0.5) is 8.78 Å². The van der Waals surface area contributed by atoms with Crippen LogP contribution >= 0.6 is 0 Å². The molecule has 17 heavy (non-hydrogen) atoms. The molecule has 4 nitrogen and oxygen atoms in total. The average Bonchev–Trinajstić information content (AvgIpc) is 2.35. The third kappa shape index (κ3) is 5.93. The first-order chi connectivity index (χ1) is 8.03. The van der Waals surface area contributed by atoms with Gasteiger partial charge in [0.15, 0.2) is 0 Å². The molecule has 0 spiro atoms. The summed E-state index contributed by atoms with van der Waals surface area (Å²) >= 11 is 0. The van der Waals surface area contributed by atoms with Crippen LogP contribution in [0.1, 0.15) is 25.7 Å². The second-order valence-corrected chi connectivity index (χ2v) is 4.54. The van der Waals surface area contributed by atoms with E-state index < -0.39 is 19.1 Å². The van der Waals surface area contributed by atoms with E-state index in [4.69, 9.17) is 5.11 Å². The topological polar surface area (TPSA) is 61.4 Å². The summed E-state index contributed by atoms with van der Waals surface area (Å²) in [6, 6.07) is 0. The molecule has 1 amide bonds. The molecular formula is C11H20F2N2O2. The van der Waals surface area contributed by atoms with Crippen LogP contribution in [0.5, 0.6) is 0 Å². The van der Waals surface area contributed by atoms with Crippen LogP contribution in [0.25, 0.3) is 0 Å². The molecule has 0 saturated carbocycles. The number of rotatable bonds is 6. The lowest BCUT2D eigenvalue weighted by Crippen LogP contribution is -2.39. The quantitative estimate of drug-likeness (QED) is 0.643. The van der Waals surface area contributed by atoms with E-state index in [1.54, 1.807) is 0 Å². The number of aliphatic hydroxyl groups excluding tert-OH is 1. The van der Waals surface area contributed by atoms with Gasteiger partial charge in [0.2, 0.25) is 5.91 Å². The van der Waals surface area contributed by atoms with Crippen molar-refractivity contribution in [1.29, 1.82) is 0 Å². The van der Waals surface area contributed by atoms with Crippen molar-refractivity contribution in [3.8, 4) is 0 Å². The molecule has 3 N–H and O–H groups in total. The summed E-state index contributed by atoms with van der Waals surface area (Å²) in [7, 11) is 0. The SMILES string of the molecule is O=C(CCC1CCCNC1)NCC(F)(F)CO. The van der Waals surface area contributed by atoms with Crippen LogP contribution in [0.2, 0.25) is 0 Å². The highest BCUT2D eigenvalue weighted by molar-refractivity contribution is 5.75. The fourth-order valence-corrected chi connectivity index (χ4v) is 1.88. The predicted octanol–water partition coefficient (Wildman–Crippen LogP) is 0.510. The minimum Gasteiger partial charge on any atom is -0.390 e. The maximum Gasteiger partial charge on any atom is 0.287 e. The minimum atomic E-state index is -3.22. The number of carbonyl (C=O) groups is 1. The van der Waals surface area contributed by atoms with E-state index in [-0.39, 0.29) is 12.3 Å². The zero-order valence-electron chi connectivity index (χ0n) is 9.85. The van der Waals surface area contributed by atoms with Gasteiger partial charge in [-0.25, -0.2) is 8.78 Å². The number of hydrogen-bond donors (Lipinski definition) is 3. The maximum atomic E-state index is 12.6. The third-order valence-corrected chi connectivity index (χ3v) is 2.95. The Morgan fingerprint density at radius 2 is 2.29 bits per heavy atom. The number of nitrogens with one attached hydrogen (secondary N) is 2. The molecule has 1 saturated heterocycles. The second-order valence-electron chi connectivity index (χ2n) is 4.54. The number of alkyl halides is 2. The number of amides is 1. The van der Waals surface area contributed by atoms with Crippen molar-refractivity contribution in [3.63, 3.8) is 0 Å². The van der Waals surface area contributed by atoms with Crippen molar-refractivity contribution < 1.29 is 18.7 Å². The van der Waals surface area contributed by atoms with Gasteiger partial charge in [0.25, 0.3) is 5.92 Å². The van der Waals surface area contributed by atoms with Crippen LogP contribution in [-0.4, -0.2) is 43.2 Å². The van der Waals surface area contributed by atoms with Gasteiger partial charge >= 0.3 is 0 Å². The van der Waals surface area contributed by atoms with Crippen molar-refractivity contribution in [2.45, 2.75) is 31.6 Å². The van der Waals surface area contributed by atoms with E-state index >= 15 is 0 Å². The summed E-state index contributed by atoms with van der Waals surface area (Å²) in [6.45, 7) is -0.101. The first-order valence-electron chi connectivity index (χ1n) is 5.99. The lowest BCUT2D eigenvalue weighted by Gasteiger charge is -2.22. The highest BCUT2D eigenvalue weighted by atomic mass is 19.3. The van der Waals surface area contributed by atoms with Crippen LogP contribution in [0.15, 0.2) is 0 Å². The predicted molar refractivity (Wildman–Crippen MR) is 59.9 cm³/mol. The second kappa shape index (κ2) is 6.86. The van der Waals surface area contributed by atoms with Gasteiger partial charge in [-0.05, 0) is 38.3 Å². The van der Waals surface area contributed by atoms with Gasteiger partial charge in [-0.1, -0.05) is 0 Å². The number of halogens is 2. The van der Waals surface area contributed by atoms with Crippen LogP contribution in [0.3, 0.4) is 0 Å². The summed E-state index contributed by atoms with van der Waals surface area (Å²) in [5.41, 5.74) is 0. The van der Waals surface area contributed by atoms with Gasteiger partial charge in [0, 0.05) is 6.42 Å². The summed E-state index contributed by atoms with van der Waals surface area (Å²) in [5.74, 6) is -3.13. The molecular weight excluding hydrogens is 230 g/mol. The highest BCUT2D eigenvalue weighted by Crippen LogP contribution is 2.16.